The van der Waals surface area contributed by atoms with Crippen LogP contribution in [0.5, 0.6) is 0 Å². The Morgan fingerprint density at radius 3 is 2.16 bits per heavy atom. The van der Waals surface area contributed by atoms with Gasteiger partial charge in [-0.05, 0) is 47.6 Å². The molecule has 0 fully saturated rings. The zero-order valence-corrected chi connectivity index (χ0v) is 17.6. The number of carbonyl (C=O) groups is 2. The summed E-state index contributed by atoms with van der Waals surface area (Å²) in [6.07, 6.45) is 5.31. The molecule has 1 N–H and O–H groups in total. The number of rotatable bonds is 6. The Bertz CT molecular complexity index is 1120. The van der Waals surface area contributed by atoms with Crippen molar-refractivity contribution in [2.45, 2.75) is 19.3 Å². The zero-order chi connectivity index (χ0) is 21.2. The van der Waals surface area contributed by atoms with Gasteiger partial charge in [0.05, 0.1) is 19.6 Å². The number of benzene rings is 3. The first-order valence-electron chi connectivity index (χ1n) is 11.2. The van der Waals surface area contributed by atoms with E-state index in [2.05, 4.69) is 36.4 Å². The van der Waals surface area contributed by atoms with E-state index in [0.29, 0.717) is 17.7 Å². The average molecular weight is 412 g/mol. The molecule has 2 heterocycles. The number of hydrogen-bond acceptors (Lipinski definition) is 2. The van der Waals surface area contributed by atoms with Crippen LogP contribution in [0.1, 0.15) is 45.5 Å². The van der Waals surface area contributed by atoms with Crippen molar-refractivity contribution < 1.29 is 14.5 Å². The van der Waals surface area contributed by atoms with Crippen molar-refractivity contribution >= 4 is 28.2 Å². The van der Waals surface area contributed by atoms with Gasteiger partial charge in [-0.1, -0.05) is 54.6 Å². The second-order valence-electron chi connectivity index (χ2n) is 8.48. The third kappa shape index (κ3) is 3.79. The van der Waals surface area contributed by atoms with Gasteiger partial charge in [0.25, 0.3) is 11.8 Å². The van der Waals surface area contributed by atoms with E-state index in [4.69, 9.17) is 0 Å². The minimum absolute atomic E-state index is 0.157. The normalized spacial score (nSPS) is 18.4. The number of carbonyl (C=O) groups excluding carboxylic acids is 2. The number of unbranched alkanes of at least 4 members (excludes halogenated alkanes) is 1. The first-order chi connectivity index (χ1) is 15.2. The Balaban J connectivity index is 1.17. The van der Waals surface area contributed by atoms with Gasteiger partial charge in [-0.15, -0.1) is 0 Å². The number of nitrogens with one attached hydrogen (secondary N) is 1. The quantitative estimate of drug-likeness (QED) is 0.498. The van der Waals surface area contributed by atoms with Gasteiger partial charge in [-0.3, -0.25) is 14.5 Å². The Morgan fingerprint density at radius 2 is 1.52 bits per heavy atom. The summed E-state index contributed by atoms with van der Waals surface area (Å²) in [6, 6.07) is 22.0. The van der Waals surface area contributed by atoms with Crippen LogP contribution in [0.25, 0.3) is 16.3 Å². The van der Waals surface area contributed by atoms with Crippen molar-refractivity contribution in [2.24, 2.45) is 0 Å². The van der Waals surface area contributed by atoms with Crippen LogP contribution in [-0.2, 0) is 0 Å². The summed E-state index contributed by atoms with van der Waals surface area (Å²) in [5.41, 5.74) is 4.07. The third-order valence-electron chi connectivity index (χ3n) is 6.55. The molecule has 0 bridgehead atoms. The van der Waals surface area contributed by atoms with Crippen molar-refractivity contribution in [2.75, 3.05) is 26.2 Å². The molecule has 0 saturated heterocycles. The number of nitrogens with zero attached hydrogens (tertiary/aromatic N) is 1. The molecule has 0 spiro atoms. The van der Waals surface area contributed by atoms with Crippen LogP contribution in [-0.4, -0.2) is 42.9 Å². The molecule has 0 radical (unpaired) electrons. The molecule has 3 aromatic carbocycles. The molecule has 1 unspecified atom stereocenters. The lowest BCUT2D eigenvalue weighted by atomic mass is 9.94. The maximum absolute atomic E-state index is 13.0. The van der Waals surface area contributed by atoms with Crippen LogP contribution in [0.15, 0.2) is 72.8 Å². The van der Waals surface area contributed by atoms with Gasteiger partial charge >= 0.3 is 0 Å². The van der Waals surface area contributed by atoms with Gasteiger partial charge in [0, 0.05) is 29.5 Å². The molecule has 2 aliphatic rings. The van der Waals surface area contributed by atoms with E-state index in [1.165, 1.54) is 16.0 Å². The van der Waals surface area contributed by atoms with E-state index in [1.807, 2.05) is 36.4 Å². The topological polar surface area (TPSA) is 41.8 Å². The summed E-state index contributed by atoms with van der Waals surface area (Å²) in [6.45, 7) is 3.74. The second kappa shape index (κ2) is 8.48. The van der Waals surface area contributed by atoms with Crippen LogP contribution >= 0.6 is 0 Å². The van der Waals surface area contributed by atoms with E-state index in [9.17, 15) is 9.59 Å². The van der Waals surface area contributed by atoms with Crippen LogP contribution in [0.2, 0.25) is 0 Å². The molecule has 0 aliphatic carbocycles. The summed E-state index contributed by atoms with van der Waals surface area (Å²) in [7, 11) is 0. The van der Waals surface area contributed by atoms with Crippen LogP contribution < -0.4 is 4.90 Å². The fraction of sp³-hybridized carbons (Fsp3) is 0.259. The highest BCUT2D eigenvalue weighted by molar-refractivity contribution is 6.25. The van der Waals surface area contributed by atoms with E-state index in [-0.39, 0.29) is 11.8 Å². The summed E-state index contributed by atoms with van der Waals surface area (Å²) in [4.78, 5) is 29.0. The lowest BCUT2D eigenvalue weighted by molar-refractivity contribution is -0.895. The Hall–Kier alpha value is -3.24. The molecular formula is C27H27N2O2+. The maximum atomic E-state index is 13.0. The summed E-state index contributed by atoms with van der Waals surface area (Å²) in [5, 5.41) is 1.75. The fourth-order valence-electron chi connectivity index (χ4n) is 4.85. The molecule has 2 amide bonds. The lowest BCUT2D eigenvalue weighted by Crippen LogP contribution is -3.12. The van der Waals surface area contributed by atoms with Gasteiger partial charge in [0.2, 0.25) is 0 Å². The second-order valence-corrected chi connectivity index (χ2v) is 8.48. The molecule has 2 aliphatic heterocycles. The van der Waals surface area contributed by atoms with E-state index in [0.717, 1.165) is 49.7 Å². The predicted octanol–water partition coefficient (Wildman–Crippen LogP) is 3.59. The van der Waals surface area contributed by atoms with Crippen LogP contribution in [0, 0.1) is 0 Å². The van der Waals surface area contributed by atoms with Crippen molar-refractivity contribution in [3.8, 4) is 0 Å². The third-order valence-corrected chi connectivity index (χ3v) is 6.55. The Kier molecular flexibility index (Phi) is 5.39. The summed E-state index contributed by atoms with van der Waals surface area (Å²) >= 11 is 0. The van der Waals surface area contributed by atoms with Crippen LogP contribution in [0.3, 0.4) is 0 Å². The van der Waals surface area contributed by atoms with Crippen molar-refractivity contribution in [3.63, 3.8) is 0 Å². The molecule has 5 rings (SSSR count). The number of quaternary nitrogens is 1. The smallest absolute Gasteiger partial charge is 0.261 e. The summed E-state index contributed by atoms with van der Waals surface area (Å²) in [5.74, 6) is -0.315. The fourth-order valence-corrected chi connectivity index (χ4v) is 4.85. The predicted molar refractivity (Wildman–Crippen MR) is 123 cm³/mol. The Morgan fingerprint density at radius 1 is 0.806 bits per heavy atom. The molecule has 4 nitrogen and oxygen atoms in total. The molecule has 156 valence electrons. The van der Waals surface area contributed by atoms with Crippen molar-refractivity contribution in [3.05, 3.63) is 89.5 Å². The van der Waals surface area contributed by atoms with Gasteiger partial charge in [0.1, 0.15) is 0 Å². The van der Waals surface area contributed by atoms with Crippen LogP contribution in [0.4, 0.5) is 0 Å². The molecule has 31 heavy (non-hydrogen) atoms. The average Bonchev–Trinajstić information content (AvgIpc) is 2.83. The highest BCUT2D eigenvalue weighted by Gasteiger charge is 2.32. The summed E-state index contributed by atoms with van der Waals surface area (Å²) < 4.78 is 0. The largest absolute Gasteiger partial charge is 0.331 e. The van der Waals surface area contributed by atoms with E-state index in [1.54, 1.807) is 4.90 Å². The van der Waals surface area contributed by atoms with Gasteiger partial charge in [-0.25, -0.2) is 0 Å². The molecule has 0 saturated carbocycles. The van der Waals surface area contributed by atoms with Crippen molar-refractivity contribution in [1.82, 2.24) is 4.90 Å². The number of amides is 2. The minimum atomic E-state index is -0.157. The standard InChI is InChI=1S/C27H26N2O2/c30-26-23-12-6-10-22-11-7-13-24(25(22)23)27(31)29(26)17-5-4-16-28-18-14-21(15-19-28)20-8-2-1-3-9-20/h1-3,6-14H,4-5,15-19H2/p+1. The molecule has 4 heteroatoms. The molecule has 0 aromatic heterocycles. The molecule has 3 aromatic rings. The highest BCUT2D eigenvalue weighted by Crippen LogP contribution is 2.30. The Labute approximate surface area is 182 Å². The highest BCUT2D eigenvalue weighted by atomic mass is 16.2. The van der Waals surface area contributed by atoms with E-state index >= 15 is 0 Å². The van der Waals surface area contributed by atoms with E-state index < -0.39 is 0 Å². The van der Waals surface area contributed by atoms with Crippen molar-refractivity contribution in [1.29, 1.82) is 0 Å². The SMILES string of the molecule is O=C1c2cccc3cccc(c23)C(=O)N1CCCC[NH+]1CC=C(c2ccccc2)CC1. The number of imide groups is 1. The lowest BCUT2D eigenvalue weighted by Gasteiger charge is -2.27. The monoisotopic (exact) mass is 411 g/mol. The van der Waals surface area contributed by atoms with Gasteiger partial charge < -0.3 is 4.90 Å². The van der Waals surface area contributed by atoms with Gasteiger partial charge in [-0.2, -0.15) is 0 Å². The minimum Gasteiger partial charge on any atom is -0.331 e. The van der Waals surface area contributed by atoms with Gasteiger partial charge in [0.15, 0.2) is 0 Å². The maximum Gasteiger partial charge on any atom is 0.261 e. The zero-order valence-electron chi connectivity index (χ0n) is 17.6. The molecular weight excluding hydrogens is 384 g/mol. The first kappa shape index (κ1) is 19.7. The number of hydrogen-bond donors (Lipinski definition) is 1. The molecule has 1 atom stereocenters. The first-order valence-corrected chi connectivity index (χ1v) is 11.2.